The fourth-order valence-electron chi connectivity index (χ4n) is 1.09. The average molecular weight is 204 g/mol. The molecule has 1 unspecified atom stereocenters. The lowest BCUT2D eigenvalue weighted by molar-refractivity contribution is 1.02. The van der Waals surface area contributed by atoms with Crippen molar-refractivity contribution in [2.45, 2.75) is 26.1 Å². The van der Waals surface area contributed by atoms with E-state index < -0.39 is 0 Å². The van der Waals surface area contributed by atoms with E-state index in [-0.39, 0.29) is 5.38 Å². The first-order valence-electron chi connectivity index (χ1n) is 3.79. The quantitative estimate of drug-likeness (QED) is 0.502. The van der Waals surface area contributed by atoms with Crippen molar-refractivity contribution in [3.8, 4) is 0 Å². The van der Waals surface area contributed by atoms with Crippen molar-refractivity contribution in [3.05, 3.63) is 28.0 Å². The van der Waals surface area contributed by atoms with Crippen molar-refractivity contribution in [3.63, 3.8) is 0 Å². The monoisotopic (exact) mass is 203 g/mol. The van der Waals surface area contributed by atoms with Crippen LogP contribution in [0.1, 0.15) is 29.0 Å². The summed E-state index contributed by atoms with van der Waals surface area (Å²) in [6, 6.07) is 0. The maximum absolute atomic E-state index is 5.95. The summed E-state index contributed by atoms with van der Waals surface area (Å²) in [5.74, 6) is 0. The van der Waals surface area contributed by atoms with Gasteiger partial charge in [0.15, 0.2) is 0 Å². The van der Waals surface area contributed by atoms with E-state index in [4.69, 9.17) is 23.2 Å². The molecule has 0 aromatic carbocycles. The molecule has 66 valence electrons. The predicted octanol–water partition coefficient (Wildman–Crippen LogP) is 3.65. The largest absolute Gasteiger partial charge is 0.244 e. The van der Waals surface area contributed by atoms with Gasteiger partial charge in [-0.05, 0) is 37.5 Å². The number of pyridine rings is 1. The van der Waals surface area contributed by atoms with Gasteiger partial charge in [-0.15, -0.1) is 11.6 Å². The zero-order valence-corrected chi connectivity index (χ0v) is 8.87. The standard InChI is InChI=1S/C9H11Cl2N/c1-5-6(2)9(11)12-4-8(5)7(3)10/h4,7H,1-3H3. The second-order valence-electron chi connectivity index (χ2n) is 2.87. The molecule has 1 aromatic heterocycles. The van der Waals surface area contributed by atoms with E-state index in [9.17, 15) is 0 Å². The lowest BCUT2D eigenvalue weighted by atomic mass is 10.1. The number of hydrogen-bond acceptors (Lipinski definition) is 1. The SMILES string of the molecule is Cc1c(C(C)Cl)cnc(Cl)c1C. The fourth-order valence-corrected chi connectivity index (χ4v) is 1.50. The van der Waals surface area contributed by atoms with Crippen LogP contribution in [-0.2, 0) is 0 Å². The highest BCUT2D eigenvalue weighted by molar-refractivity contribution is 6.30. The molecule has 1 atom stereocenters. The van der Waals surface area contributed by atoms with Crippen LogP contribution in [0, 0.1) is 13.8 Å². The molecule has 0 N–H and O–H groups in total. The van der Waals surface area contributed by atoms with Crippen LogP contribution in [0.15, 0.2) is 6.20 Å². The van der Waals surface area contributed by atoms with Crippen molar-refractivity contribution >= 4 is 23.2 Å². The Hall–Kier alpha value is -0.270. The van der Waals surface area contributed by atoms with Crippen LogP contribution in [0.4, 0.5) is 0 Å². The van der Waals surface area contributed by atoms with Gasteiger partial charge in [0, 0.05) is 6.20 Å². The summed E-state index contributed by atoms with van der Waals surface area (Å²) in [5.41, 5.74) is 3.21. The van der Waals surface area contributed by atoms with Crippen LogP contribution in [-0.4, -0.2) is 4.98 Å². The Labute approximate surface area is 82.7 Å². The topological polar surface area (TPSA) is 12.9 Å². The molecule has 0 fully saturated rings. The Morgan fingerprint density at radius 3 is 2.42 bits per heavy atom. The van der Waals surface area contributed by atoms with Crippen molar-refractivity contribution in [2.24, 2.45) is 0 Å². The summed E-state index contributed by atoms with van der Waals surface area (Å²) in [5, 5.41) is 0.557. The number of halogens is 2. The summed E-state index contributed by atoms with van der Waals surface area (Å²) >= 11 is 11.8. The highest BCUT2D eigenvalue weighted by Gasteiger charge is 2.09. The second-order valence-corrected chi connectivity index (χ2v) is 3.88. The Bertz CT molecular complexity index is 295. The van der Waals surface area contributed by atoms with Gasteiger partial charge in [-0.3, -0.25) is 0 Å². The Kier molecular flexibility index (Phi) is 2.97. The average Bonchev–Trinajstić information content (AvgIpc) is 2.00. The summed E-state index contributed by atoms with van der Waals surface area (Å²) in [6.07, 6.45) is 1.74. The molecule has 0 spiro atoms. The van der Waals surface area contributed by atoms with Crippen molar-refractivity contribution in [1.82, 2.24) is 4.98 Å². The van der Waals surface area contributed by atoms with E-state index in [1.807, 2.05) is 20.8 Å². The third-order valence-electron chi connectivity index (χ3n) is 2.05. The van der Waals surface area contributed by atoms with Gasteiger partial charge in [0.2, 0.25) is 0 Å². The van der Waals surface area contributed by atoms with Gasteiger partial charge < -0.3 is 0 Å². The van der Waals surface area contributed by atoms with E-state index in [1.54, 1.807) is 6.20 Å². The first-order valence-corrected chi connectivity index (χ1v) is 4.61. The van der Waals surface area contributed by atoms with Gasteiger partial charge in [0.1, 0.15) is 5.15 Å². The maximum atomic E-state index is 5.95. The fraction of sp³-hybridized carbons (Fsp3) is 0.444. The predicted molar refractivity (Wildman–Crippen MR) is 53.0 cm³/mol. The van der Waals surface area contributed by atoms with Crippen LogP contribution in [0.5, 0.6) is 0 Å². The molecule has 1 heterocycles. The number of rotatable bonds is 1. The number of alkyl halides is 1. The minimum absolute atomic E-state index is 0.00605. The molecule has 0 aliphatic heterocycles. The molecule has 1 nitrogen and oxygen atoms in total. The molecule has 12 heavy (non-hydrogen) atoms. The lowest BCUT2D eigenvalue weighted by Crippen LogP contribution is -1.95. The zero-order chi connectivity index (χ0) is 9.30. The zero-order valence-electron chi connectivity index (χ0n) is 7.36. The Morgan fingerprint density at radius 1 is 1.33 bits per heavy atom. The Balaban J connectivity index is 3.27. The lowest BCUT2D eigenvalue weighted by Gasteiger charge is -2.10. The van der Waals surface area contributed by atoms with E-state index in [1.165, 1.54) is 0 Å². The van der Waals surface area contributed by atoms with Crippen LogP contribution in [0.2, 0.25) is 5.15 Å². The molecule has 1 rings (SSSR count). The number of aromatic nitrogens is 1. The van der Waals surface area contributed by atoms with E-state index >= 15 is 0 Å². The molecule has 1 aromatic rings. The molecule has 3 heteroatoms. The van der Waals surface area contributed by atoms with Crippen molar-refractivity contribution in [2.75, 3.05) is 0 Å². The van der Waals surface area contributed by atoms with Crippen LogP contribution in [0.3, 0.4) is 0 Å². The third-order valence-corrected chi connectivity index (χ3v) is 2.67. The summed E-state index contributed by atoms with van der Waals surface area (Å²) in [4.78, 5) is 4.04. The highest BCUT2D eigenvalue weighted by atomic mass is 35.5. The molecule has 0 bridgehead atoms. The first kappa shape index (κ1) is 9.82. The summed E-state index contributed by atoms with van der Waals surface area (Å²) < 4.78 is 0. The van der Waals surface area contributed by atoms with Gasteiger partial charge in [-0.25, -0.2) is 4.98 Å². The third kappa shape index (κ3) is 1.73. The summed E-state index contributed by atoms with van der Waals surface area (Å²) in [7, 11) is 0. The minimum atomic E-state index is -0.00605. The van der Waals surface area contributed by atoms with Crippen molar-refractivity contribution < 1.29 is 0 Å². The molecule has 0 saturated carbocycles. The molecular formula is C9H11Cl2N. The van der Waals surface area contributed by atoms with Gasteiger partial charge >= 0.3 is 0 Å². The van der Waals surface area contributed by atoms with Gasteiger partial charge in [0.05, 0.1) is 5.38 Å². The normalized spacial score (nSPS) is 13.1. The van der Waals surface area contributed by atoms with Crippen LogP contribution in [0.25, 0.3) is 0 Å². The molecule has 0 saturated heterocycles. The minimum Gasteiger partial charge on any atom is -0.244 e. The number of nitrogens with zero attached hydrogens (tertiary/aromatic N) is 1. The molecule has 0 aliphatic rings. The first-order chi connectivity index (χ1) is 5.54. The van der Waals surface area contributed by atoms with Gasteiger partial charge in [0.25, 0.3) is 0 Å². The van der Waals surface area contributed by atoms with Crippen molar-refractivity contribution in [1.29, 1.82) is 0 Å². The smallest absolute Gasteiger partial charge is 0.132 e. The van der Waals surface area contributed by atoms with Crippen LogP contribution >= 0.6 is 23.2 Å². The van der Waals surface area contributed by atoms with Gasteiger partial charge in [-0.1, -0.05) is 11.6 Å². The second kappa shape index (κ2) is 3.63. The van der Waals surface area contributed by atoms with E-state index in [2.05, 4.69) is 4.98 Å². The molecule has 0 aliphatic carbocycles. The van der Waals surface area contributed by atoms with E-state index in [0.29, 0.717) is 5.15 Å². The number of hydrogen-bond donors (Lipinski definition) is 0. The molecule has 0 radical (unpaired) electrons. The van der Waals surface area contributed by atoms with Gasteiger partial charge in [-0.2, -0.15) is 0 Å². The Morgan fingerprint density at radius 2 is 1.92 bits per heavy atom. The van der Waals surface area contributed by atoms with Crippen LogP contribution < -0.4 is 0 Å². The molecule has 0 amide bonds. The molecular weight excluding hydrogens is 193 g/mol. The highest BCUT2D eigenvalue weighted by Crippen LogP contribution is 2.26. The van der Waals surface area contributed by atoms with E-state index in [0.717, 1.165) is 16.7 Å². The summed E-state index contributed by atoms with van der Waals surface area (Å²) in [6.45, 7) is 5.89. The maximum Gasteiger partial charge on any atom is 0.132 e.